The van der Waals surface area contributed by atoms with E-state index < -0.39 is 6.04 Å². The quantitative estimate of drug-likeness (QED) is 0.864. The summed E-state index contributed by atoms with van der Waals surface area (Å²) in [7, 11) is 1.85. The summed E-state index contributed by atoms with van der Waals surface area (Å²) in [5, 5.41) is 8.46. The minimum Gasteiger partial charge on any atom is -0.343 e. The van der Waals surface area contributed by atoms with Gasteiger partial charge in [-0.1, -0.05) is 18.2 Å². The molecule has 8 heteroatoms. The number of nitrogens with one attached hydrogen (secondary N) is 2. The molecule has 0 fully saturated rings. The molecular formula is C18H22N6O2. The Hall–Kier alpha value is -3.16. The molecule has 2 aromatic rings. The minimum atomic E-state index is -0.646. The molecule has 1 aromatic carbocycles. The number of para-hydroxylation sites is 1. The van der Waals surface area contributed by atoms with Gasteiger partial charge in [0.05, 0.1) is 17.9 Å². The van der Waals surface area contributed by atoms with Gasteiger partial charge in [-0.05, 0) is 32.9 Å². The molecule has 0 bridgehead atoms. The smallest absolute Gasteiger partial charge is 0.288 e. The first-order valence-corrected chi connectivity index (χ1v) is 8.41. The van der Waals surface area contributed by atoms with Gasteiger partial charge in [0, 0.05) is 18.3 Å². The van der Waals surface area contributed by atoms with Crippen LogP contribution in [0.15, 0.2) is 41.5 Å². The van der Waals surface area contributed by atoms with Gasteiger partial charge < -0.3 is 5.32 Å². The fourth-order valence-electron chi connectivity index (χ4n) is 2.79. The van der Waals surface area contributed by atoms with Gasteiger partial charge >= 0.3 is 0 Å². The summed E-state index contributed by atoms with van der Waals surface area (Å²) in [6, 6.07) is 8.22. The van der Waals surface area contributed by atoms with Crippen LogP contribution >= 0.6 is 0 Å². The van der Waals surface area contributed by atoms with Crippen LogP contribution in [-0.2, 0) is 16.6 Å². The summed E-state index contributed by atoms with van der Waals surface area (Å²) < 4.78 is 1.76. The standard InChI is InChI=1S/C18H22N6O2/c1-11(15-10-19-23(4)13(15)3)21-17(25)16-20-12(2)18(26)24(22-16)14-8-6-5-7-9-14/h5-12H,1-4H3,(H,20,22)(H,21,25)/t11-,12+/m1/s1. The number of nitrogens with zero attached hydrogens (tertiary/aromatic N) is 4. The van der Waals surface area contributed by atoms with Crippen molar-refractivity contribution < 1.29 is 9.59 Å². The van der Waals surface area contributed by atoms with Crippen molar-refractivity contribution in [3.05, 3.63) is 47.8 Å². The van der Waals surface area contributed by atoms with E-state index in [1.54, 1.807) is 29.9 Å². The van der Waals surface area contributed by atoms with Gasteiger partial charge in [-0.15, -0.1) is 0 Å². The summed E-state index contributed by atoms with van der Waals surface area (Å²) >= 11 is 0. The Labute approximate surface area is 151 Å². The average Bonchev–Trinajstić information content (AvgIpc) is 2.97. The molecule has 1 aromatic heterocycles. The van der Waals surface area contributed by atoms with Crippen molar-refractivity contribution in [1.82, 2.24) is 20.5 Å². The highest BCUT2D eigenvalue weighted by Crippen LogP contribution is 2.18. The van der Waals surface area contributed by atoms with Crippen LogP contribution in [0.2, 0.25) is 0 Å². The van der Waals surface area contributed by atoms with Crippen molar-refractivity contribution in [2.45, 2.75) is 32.9 Å². The Kier molecular flexibility index (Phi) is 4.75. The molecule has 8 nitrogen and oxygen atoms in total. The second-order valence-corrected chi connectivity index (χ2v) is 6.28. The van der Waals surface area contributed by atoms with E-state index in [2.05, 4.69) is 20.8 Å². The summed E-state index contributed by atoms with van der Waals surface area (Å²) in [6.45, 7) is 5.50. The number of hydrogen-bond donors (Lipinski definition) is 2. The predicted octanol–water partition coefficient (Wildman–Crippen LogP) is 1.24. The average molecular weight is 354 g/mol. The normalized spacial score (nSPS) is 18.2. The van der Waals surface area contributed by atoms with Crippen LogP contribution < -0.4 is 15.8 Å². The van der Waals surface area contributed by atoms with Gasteiger partial charge in [-0.2, -0.15) is 5.10 Å². The largest absolute Gasteiger partial charge is 0.343 e. The zero-order valence-electron chi connectivity index (χ0n) is 15.2. The highest BCUT2D eigenvalue weighted by Gasteiger charge is 2.31. The molecule has 0 saturated carbocycles. The Morgan fingerprint density at radius 1 is 1.31 bits per heavy atom. The fourth-order valence-corrected chi connectivity index (χ4v) is 2.79. The number of aromatic nitrogens is 2. The molecule has 1 aliphatic heterocycles. The topological polar surface area (TPSA) is 91.6 Å². The number of rotatable bonds is 4. The second kappa shape index (κ2) is 6.99. The molecule has 26 heavy (non-hydrogen) atoms. The number of amides is 2. The molecule has 2 atom stereocenters. The van der Waals surface area contributed by atoms with Crippen molar-refractivity contribution in [2.75, 3.05) is 5.01 Å². The molecule has 0 unspecified atom stereocenters. The van der Waals surface area contributed by atoms with Crippen LogP contribution in [0.4, 0.5) is 5.69 Å². The Balaban J connectivity index is 1.77. The Morgan fingerprint density at radius 3 is 2.62 bits per heavy atom. The van der Waals surface area contributed by atoms with Gasteiger partial charge in [-0.3, -0.25) is 19.7 Å². The summed E-state index contributed by atoms with van der Waals surface area (Å²) in [6.07, 6.45) is 1.73. The van der Waals surface area contributed by atoms with Crippen LogP contribution in [-0.4, -0.2) is 33.5 Å². The number of amidine groups is 1. The molecule has 2 heterocycles. The van der Waals surface area contributed by atoms with Crippen LogP contribution in [0.5, 0.6) is 0 Å². The first-order chi connectivity index (χ1) is 12.4. The first kappa shape index (κ1) is 17.7. The summed E-state index contributed by atoms with van der Waals surface area (Å²) in [4.78, 5) is 29.3. The van der Waals surface area contributed by atoms with Gasteiger partial charge in [0.15, 0.2) is 0 Å². The van der Waals surface area contributed by atoms with E-state index >= 15 is 0 Å². The van der Waals surface area contributed by atoms with Crippen molar-refractivity contribution >= 4 is 23.3 Å². The van der Waals surface area contributed by atoms with E-state index in [1.165, 1.54) is 5.01 Å². The number of carbonyl (C=O) groups is 2. The van der Waals surface area contributed by atoms with Crippen LogP contribution in [0, 0.1) is 6.92 Å². The maximum Gasteiger partial charge on any atom is 0.288 e. The molecular weight excluding hydrogens is 332 g/mol. The third-order valence-electron chi connectivity index (χ3n) is 4.44. The van der Waals surface area contributed by atoms with E-state index in [4.69, 9.17) is 0 Å². The lowest BCUT2D eigenvalue weighted by atomic mass is 10.1. The maximum atomic E-state index is 12.7. The number of benzene rings is 1. The molecule has 1 aliphatic rings. The van der Waals surface area contributed by atoms with Gasteiger partial charge in [-0.25, -0.2) is 10.0 Å². The zero-order chi connectivity index (χ0) is 18.8. The Bertz CT molecular complexity index is 858. The molecule has 136 valence electrons. The summed E-state index contributed by atoms with van der Waals surface area (Å²) in [5.41, 5.74) is 5.39. The molecule has 0 radical (unpaired) electrons. The monoisotopic (exact) mass is 354 g/mol. The third-order valence-corrected chi connectivity index (χ3v) is 4.44. The number of aryl methyl sites for hydroxylation is 1. The van der Waals surface area contributed by atoms with E-state index in [1.807, 2.05) is 39.1 Å². The molecule has 3 rings (SSSR count). The highest BCUT2D eigenvalue weighted by atomic mass is 16.2. The number of hydrogen-bond acceptors (Lipinski definition) is 5. The van der Waals surface area contributed by atoms with Crippen LogP contribution in [0.3, 0.4) is 0 Å². The zero-order valence-corrected chi connectivity index (χ0v) is 15.2. The van der Waals surface area contributed by atoms with E-state index in [0.29, 0.717) is 5.69 Å². The van der Waals surface area contributed by atoms with Crippen molar-refractivity contribution in [3.63, 3.8) is 0 Å². The van der Waals surface area contributed by atoms with Gasteiger partial charge in [0.2, 0.25) is 5.84 Å². The van der Waals surface area contributed by atoms with Crippen molar-refractivity contribution in [3.8, 4) is 0 Å². The molecule has 0 aliphatic carbocycles. The summed E-state index contributed by atoms with van der Waals surface area (Å²) in [5.74, 6) is -0.487. The molecule has 2 amide bonds. The Morgan fingerprint density at radius 2 is 2.00 bits per heavy atom. The van der Waals surface area contributed by atoms with Crippen LogP contribution in [0.25, 0.3) is 0 Å². The lowest BCUT2D eigenvalue weighted by molar-refractivity contribution is -0.120. The van der Waals surface area contributed by atoms with Gasteiger partial charge in [0.1, 0.15) is 6.04 Å². The number of carbonyl (C=O) groups excluding carboxylic acids is 2. The second-order valence-electron chi connectivity index (χ2n) is 6.28. The number of hydrazine groups is 1. The molecule has 0 saturated heterocycles. The van der Waals surface area contributed by atoms with Gasteiger partial charge in [0.25, 0.3) is 11.8 Å². The third kappa shape index (κ3) is 3.30. The lowest BCUT2D eigenvalue weighted by Gasteiger charge is -2.30. The van der Waals surface area contributed by atoms with E-state index in [9.17, 15) is 9.59 Å². The fraction of sp³-hybridized carbons (Fsp3) is 0.333. The highest BCUT2D eigenvalue weighted by molar-refractivity contribution is 6.39. The van der Waals surface area contributed by atoms with E-state index in [0.717, 1.165) is 11.3 Å². The van der Waals surface area contributed by atoms with Crippen molar-refractivity contribution in [2.24, 2.45) is 12.0 Å². The maximum absolute atomic E-state index is 12.7. The lowest BCUT2D eigenvalue weighted by Crippen LogP contribution is -2.58. The molecule has 0 spiro atoms. The minimum absolute atomic E-state index is 0.106. The van der Waals surface area contributed by atoms with Crippen LogP contribution in [0.1, 0.15) is 31.1 Å². The predicted molar refractivity (Wildman–Crippen MR) is 98.5 cm³/mol. The molecule has 2 N–H and O–H groups in total. The SMILES string of the molecule is Cc1c([C@@H](C)NC(=O)C2=N[C@@H](C)C(=O)N(c3ccccc3)N2)cnn1C. The number of anilines is 1. The first-order valence-electron chi connectivity index (χ1n) is 8.41. The van der Waals surface area contributed by atoms with Crippen molar-refractivity contribution in [1.29, 1.82) is 0 Å². The van der Waals surface area contributed by atoms with E-state index in [-0.39, 0.29) is 23.7 Å². The number of aliphatic imine (C=N–C) groups is 1.